The second-order valence-electron chi connectivity index (χ2n) is 4.19. The molecule has 4 nitrogen and oxygen atoms in total. The number of benzene rings is 1. The highest BCUT2D eigenvalue weighted by molar-refractivity contribution is 7.80. The number of alkyl halides is 2. The SMILES string of the molecule is NC(=S)c1ccc(CC(=O)N(CCO)CC(F)F)cc1. The third kappa shape index (κ3) is 5.18. The monoisotopic (exact) mass is 302 g/mol. The molecular formula is C13H16F2N2O2S. The maximum absolute atomic E-state index is 12.3. The summed E-state index contributed by atoms with van der Waals surface area (Å²) in [6.45, 7) is -1.13. The van der Waals surface area contributed by atoms with Gasteiger partial charge in [0.15, 0.2) is 0 Å². The predicted octanol–water partition coefficient (Wildman–Crippen LogP) is 0.949. The number of nitrogens with zero attached hydrogens (tertiary/aromatic N) is 1. The van der Waals surface area contributed by atoms with Gasteiger partial charge in [-0.3, -0.25) is 4.79 Å². The minimum Gasteiger partial charge on any atom is -0.395 e. The molecule has 1 aromatic rings. The number of carbonyl (C=O) groups is 1. The summed E-state index contributed by atoms with van der Waals surface area (Å²) in [5.74, 6) is -0.456. The molecule has 1 amide bonds. The highest BCUT2D eigenvalue weighted by Crippen LogP contribution is 2.08. The molecular weight excluding hydrogens is 286 g/mol. The smallest absolute Gasteiger partial charge is 0.255 e. The Morgan fingerprint density at radius 2 is 1.95 bits per heavy atom. The second kappa shape index (κ2) is 7.86. The van der Waals surface area contributed by atoms with Crippen LogP contribution in [0.1, 0.15) is 11.1 Å². The van der Waals surface area contributed by atoms with Gasteiger partial charge < -0.3 is 15.7 Å². The van der Waals surface area contributed by atoms with Crippen LogP contribution in [0.2, 0.25) is 0 Å². The van der Waals surface area contributed by atoms with Crippen LogP contribution in [0.25, 0.3) is 0 Å². The number of halogens is 2. The lowest BCUT2D eigenvalue weighted by atomic mass is 10.1. The van der Waals surface area contributed by atoms with E-state index in [2.05, 4.69) is 0 Å². The van der Waals surface area contributed by atoms with Gasteiger partial charge in [-0.25, -0.2) is 8.78 Å². The zero-order valence-corrected chi connectivity index (χ0v) is 11.6. The van der Waals surface area contributed by atoms with Crippen LogP contribution in [0.15, 0.2) is 24.3 Å². The minimum absolute atomic E-state index is 0.00959. The number of hydrogen-bond donors (Lipinski definition) is 2. The second-order valence-corrected chi connectivity index (χ2v) is 4.63. The summed E-state index contributed by atoms with van der Waals surface area (Å²) in [6, 6.07) is 6.70. The van der Waals surface area contributed by atoms with Gasteiger partial charge in [-0.2, -0.15) is 0 Å². The number of carbonyl (C=O) groups excluding carboxylic acids is 1. The number of aliphatic hydroxyl groups is 1. The zero-order valence-electron chi connectivity index (χ0n) is 10.8. The third-order valence-electron chi connectivity index (χ3n) is 2.67. The number of amides is 1. The molecule has 0 aliphatic heterocycles. The first-order valence-corrected chi connectivity index (χ1v) is 6.40. The topological polar surface area (TPSA) is 66.6 Å². The average Bonchev–Trinajstić information content (AvgIpc) is 2.38. The van der Waals surface area contributed by atoms with Gasteiger partial charge in [0, 0.05) is 12.1 Å². The lowest BCUT2D eigenvalue weighted by Crippen LogP contribution is -2.38. The zero-order chi connectivity index (χ0) is 15.1. The molecule has 1 rings (SSSR count). The first-order valence-electron chi connectivity index (χ1n) is 5.99. The molecule has 0 atom stereocenters. The first-order chi connectivity index (χ1) is 9.43. The number of nitrogens with two attached hydrogens (primary N) is 1. The first kappa shape index (κ1) is 16.5. The van der Waals surface area contributed by atoms with Crippen molar-refractivity contribution in [2.45, 2.75) is 12.8 Å². The van der Waals surface area contributed by atoms with Crippen LogP contribution in [-0.4, -0.2) is 47.0 Å². The minimum atomic E-state index is -2.62. The molecule has 0 fully saturated rings. The van der Waals surface area contributed by atoms with Gasteiger partial charge in [-0.05, 0) is 5.56 Å². The van der Waals surface area contributed by atoms with E-state index in [0.29, 0.717) is 11.1 Å². The molecule has 1 aromatic carbocycles. The van der Waals surface area contributed by atoms with Crippen molar-refractivity contribution < 1.29 is 18.7 Å². The maximum atomic E-state index is 12.3. The average molecular weight is 302 g/mol. The van der Waals surface area contributed by atoms with Gasteiger partial charge in [0.05, 0.1) is 19.6 Å². The van der Waals surface area contributed by atoms with Gasteiger partial charge in [-0.1, -0.05) is 36.5 Å². The molecule has 0 unspecified atom stereocenters. The summed E-state index contributed by atoms with van der Waals surface area (Å²) in [7, 11) is 0. The highest BCUT2D eigenvalue weighted by Gasteiger charge is 2.17. The molecule has 20 heavy (non-hydrogen) atoms. The molecule has 0 aromatic heterocycles. The fourth-order valence-electron chi connectivity index (χ4n) is 1.68. The van der Waals surface area contributed by atoms with E-state index in [9.17, 15) is 13.6 Å². The van der Waals surface area contributed by atoms with E-state index in [4.69, 9.17) is 23.1 Å². The maximum Gasteiger partial charge on any atom is 0.255 e. The molecule has 110 valence electrons. The molecule has 0 bridgehead atoms. The molecule has 0 heterocycles. The summed E-state index contributed by atoms with van der Waals surface area (Å²) in [5, 5.41) is 8.79. The number of rotatable bonds is 7. The van der Waals surface area contributed by atoms with E-state index in [1.807, 2.05) is 0 Å². The van der Waals surface area contributed by atoms with E-state index in [0.717, 1.165) is 4.90 Å². The Labute approximate surface area is 121 Å². The Bertz CT molecular complexity index is 466. The van der Waals surface area contributed by atoms with Crippen molar-refractivity contribution in [3.05, 3.63) is 35.4 Å². The van der Waals surface area contributed by atoms with Crippen LogP contribution >= 0.6 is 12.2 Å². The Hall–Kier alpha value is -1.60. The van der Waals surface area contributed by atoms with Crippen molar-refractivity contribution >= 4 is 23.1 Å². The summed E-state index contributed by atoms with van der Waals surface area (Å²) in [5.41, 5.74) is 6.80. The van der Waals surface area contributed by atoms with Crippen molar-refractivity contribution in [1.29, 1.82) is 0 Å². The molecule has 0 aliphatic carbocycles. The fraction of sp³-hybridized carbons (Fsp3) is 0.385. The van der Waals surface area contributed by atoms with Gasteiger partial charge in [0.25, 0.3) is 6.43 Å². The van der Waals surface area contributed by atoms with Crippen molar-refractivity contribution in [2.75, 3.05) is 19.7 Å². The van der Waals surface area contributed by atoms with Crippen molar-refractivity contribution in [2.24, 2.45) is 5.73 Å². The quantitative estimate of drug-likeness (QED) is 0.736. The van der Waals surface area contributed by atoms with Crippen LogP contribution in [0.3, 0.4) is 0 Å². The van der Waals surface area contributed by atoms with Crippen LogP contribution in [0.5, 0.6) is 0 Å². The lowest BCUT2D eigenvalue weighted by molar-refractivity contribution is -0.133. The van der Waals surface area contributed by atoms with Crippen molar-refractivity contribution in [3.8, 4) is 0 Å². The Morgan fingerprint density at radius 1 is 1.35 bits per heavy atom. The number of thiocarbonyl (C=S) groups is 1. The van der Waals surface area contributed by atoms with Crippen LogP contribution < -0.4 is 5.73 Å². The lowest BCUT2D eigenvalue weighted by Gasteiger charge is -2.21. The summed E-state index contributed by atoms with van der Waals surface area (Å²) < 4.78 is 24.7. The van der Waals surface area contributed by atoms with Gasteiger partial charge in [0.1, 0.15) is 4.99 Å². The molecule has 0 saturated heterocycles. The van der Waals surface area contributed by atoms with Gasteiger partial charge >= 0.3 is 0 Å². The molecule has 0 saturated carbocycles. The van der Waals surface area contributed by atoms with Gasteiger partial charge in [0.2, 0.25) is 5.91 Å². The standard InChI is InChI=1S/C13H16F2N2O2S/c14-11(15)8-17(5-6-18)12(19)7-9-1-3-10(4-2-9)13(16)20/h1-4,11,18H,5-8H2,(H2,16,20). The Balaban J connectivity index is 2.69. The summed E-state index contributed by atoms with van der Waals surface area (Å²) >= 11 is 4.81. The number of hydrogen-bond acceptors (Lipinski definition) is 3. The van der Waals surface area contributed by atoms with E-state index in [1.165, 1.54) is 0 Å². The van der Waals surface area contributed by atoms with E-state index >= 15 is 0 Å². The summed E-state index contributed by atoms with van der Waals surface area (Å²) in [6.07, 6.45) is -2.63. The normalized spacial score (nSPS) is 10.6. The fourth-order valence-corrected chi connectivity index (χ4v) is 1.81. The third-order valence-corrected chi connectivity index (χ3v) is 2.91. The highest BCUT2D eigenvalue weighted by atomic mass is 32.1. The van der Waals surface area contributed by atoms with Gasteiger partial charge in [-0.15, -0.1) is 0 Å². The Morgan fingerprint density at radius 3 is 2.40 bits per heavy atom. The molecule has 0 radical (unpaired) electrons. The van der Waals surface area contributed by atoms with E-state index in [1.54, 1.807) is 24.3 Å². The van der Waals surface area contributed by atoms with Crippen LogP contribution in [0.4, 0.5) is 8.78 Å². The number of aliphatic hydroxyl groups excluding tert-OH is 1. The van der Waals surface area contributed by atoms with Crippen LogP contribution in [0, 0.1) is 0 Å². The predicted molar refractivity (Wildman–Crippen MR) is 75.7 cm³/mol. The molecule has 0 spiro atoms. The molecule has 0 aliphatic rings. The van der Waals surface area contributed by atoms with Crippen molar-refractivity contribution in [3.63, 3.8) is 0 Å². The summed E-state index contributed by atoms with van der Waals surface area (Å²) in [4.78, 5) is 13.1. The van der Waals surface area contributed by atoms with E-state index in [-0.39, 0.29) is 24.6 Å². The molecule has 7 heteroatoms. The van der Waals surface area contributed by atoms with E-state index < -0.39 is 18.9 Å². The van der Waals surface area contributed by atoms with Crippen LogP contribution in [-0.2, 0) is 11.2 Å². The largest absolute Gasteiger partial charge is 0.395 e. The Kier molecular flexibility index (Phi) is 6.47. The van der Waals surface area contributed by atoms with Crippen molar-refractivity contribution in [1.82, 2.24) is 4.90 Å². The molecule has 3 N–H and O–H groups in total.